The maximum atomic E-state index is 14.1. The number of alkyl halides is 3. The average molecular weight is 554 g/mol. The lowest BCUT2D eigenvalue weighted by Gasteiger charge is -2.11. The van der Waals surface area contributed by atoms with Gasteiger partial charge in [0.1, 0.15) is 5.69 Å². The molecular weight excluding hydrogens is 529 g/mol. The van der Waals surface area contributed by atoms with Gasteiger partial charge in [0.05, 0.1) is 12.7 Å². The van der Waals surface area contributed by atoms with Gasteiger partial charge in [-0.2, -0.15) is 13.2 Å². The number of aryl methyl sites for hydroxylation is 2. The predicted octanol–water partition coefficient (Wildman–Crippen LogP) is 4.95. The Bertz CT molecular complexity index is 1400. The fraction of sp³-hybridized carbons (Fsp3) is 0.231. The molecule has 3 rings (SSSR count). The smallest absolute Gasteiger partial charge is 0.348 e. The SMILES string of the molecule is CS(=O)(=O)Nc1c(F)cc(CNC(=O)/C=C/c2ccc(CC(F)(F)F)nc2CCc2ccccc2)cc1F. The third kappa shape index (κ3) is 9.25. The second-order valence-electron chi connectivity index (χ2n) is 8.48. The Morgan fingerprint density at radius 1 is 0.974 bits per heavy atom. The molecule has 38 heavy (non-hydrogen) atoms. The van der Waals surface area contributed by atoms with Crippen LogP contribution in [0, 0.1) is 11.6 Å². The van der Waals surface area contributed by atoms with Crippen LogP contribution >= 0.6 is 0 Å². The number of hydrogen-bond donors (Lipinski definition) is 2. The number of amides is 1. The summed E-state index contributed by atoms with van der Waals surface area (Å²) >= 11 is 0. The van der Waals surface area contributed by atoms with E-state index in [1.807, 2.05) is 30.3 Å². The van der Waals surface area contributed by atoms with Gasteiger partial charge < -0.3 is 5.32 Å². The molecular formula is C26H24F5N3O3S. The molecule has 0 aliphatic rings. The highest BCUT2D eigenvalue weighted by Crippen LogP contribution is 2.23. The molecule has 0 fully saturated rings. The summed E-state index contributed by atoms with van der Waals surface area (Å²) in [4.78, 5) is 16.5. The van der Waals surface area contributed by atoms with Crippen LogP contribution in [0.25, 0.3) is 6.08 Å². The molecule has 0 atom stereocenters. The van der Waals surface area contributed by atoms with Crippen molar-refractivity contribution >= 4 is 27.7 Å². The van der Waals surface area contributed by atoms with Crippen LogP contribution in [0.2, 0.25) is 0 Å². The predicted molar refractivity (Wildman–Crippen MR) is 134 cm³/mol. The van der Waals surface area contributed by atoms with Gasteiger partial charge in [-0.05, 0) is 53.8 Å². The Hall–Kier alpha value is -3.80. The van der Waals surface area contributed by atoms with Crippen LogP contribution in [0.1, 0.15) is 28.1 Å². The molecule has 2 N–H and O–H groups in total. The number of anilines is 1. The van der Waals surface area contributed by atoms with Crippen LogP contribution in [-0.2, 0) is 40.6 Å². The third-order valence-corrected chi connectivity index (χ3v) is 5.79. The normalized spacial score (nSPS) is 12.1. The minimum atomic E-state index is -4.42. The molecule has 1 aromatic heterocycles. The number of nitrogens with one attached hydrogen (secondary N) is 2. The second kappa shape index (κ2) is 12.2. The van der Waals surface area contributed by atoms with E-state index in [4.69, 9.17) is 0 Å². The van der Waals surface area contributed by atoms with Crippen LogP contribution in [0.4, 0.5) is 27.6 Å². The molecule has 1 amide bonds. The molecule has 0 saturated carbocycles. The lowest BCUT2D eigenvalue weighted by atomic mass is 10.0. The van der Waals surface area contributed by atoms with Crippen LogP contribution in [-0.4, -0.2) is 31.7 Å². The molecule has 12 heteroatoms. The van der Waals surface area contributed by atoms with Crippen LogP contribution in [0.15, 0.2) is 60.7 Å². The van der Waals surface area contributed by atoms with E-state index >= 15 is 0 Å². The molecule has 0 spiro atoms. The van der Waals surface area contributed by atoms with E-state index in [0.29, 0.717) is 24.1 Å². The van der Waals surface area contributed by atoms with Crippen molar-refractivity contribution in [3.05, 3.63) is 100 Å². The lowest BCUT2D eigenvalue weighted by Crippen LogP contribution is -2.21. The van der Waals surface area contributed by atoms with E-state index in [-0.39, 0.29) is 17.8 Å². The van der Waals surface area contributed by atoms with Gasteiger partial charge in [0.25, 0.3) is 0 Å². The number of halogens is 5. The van der Waals surface area contributed by atoms with Crippen LogP contribution < -0.4 is 10.0 Å². The van der Waals surface area contributed by atoms with E-state index in [0.717, 1.165) is 30.0 Å². The first-order valence-electron chi connectivity index (χ1n) is 11.3. The summed E-state index contributed by atoms with van der Waals surface area (Å²) in [7, 11) is -3.90. The maximum Gasteiger partial charge on any atom is 0.394 e. The Kier molecular flexibility index (Phi) is 9.21. The molecule has 0 unspecified atom stereocenters. The quantitative estimate of drug-likeness (QED) is 0.275. The molecule has 202 valence electrons. The van der Waals surface area contributed by atoms with Gasteiger partial charge in [0.15, 0.2) is 11.6 Å². The van der Waals surface area contributed by atoms with E-state index in [2.05, 4.69) is 10.3 Å². The van der Waals surface area contributed by atoms with Crippen molar-refractivity contribution in [3.63, 3.8) is 0 Å². The molecule has 0 radical (unpaired) electrons. The highest BCUT2D eigenvalue weighted by atomic mass is 32.2. The summed E-state index contributed by atoms with van der Waals surface area (Å²) in [6, 6.07) is 13.8. The lowest BCUT2D eigenvalue weighted by molar-refractivity contribution is -0.127. The van der Waals surface area contributed by atoms with E-state index in [9.17, 15) is 35.2 Å². The second-order valence-corrected chi connectivity index (χ2v) is 10.2. The van der Waals surface area contributed by atoms with E-state index in [1.54, 1.807) is 4.72 Å². The Morgan fingerprint density at radius 3 is 2.24 bits per heavy atom. The van der Waals surface area contributed by atoms with Crippen molar-refractivity contribution < 1.29 is 35.2 Å². The molecule has 1 heterocycles. The molecule has 6 nitrogen and oxygen atoms in total. The van der Waals surface area contributed by atoms with Gasteiger partial charge in [0, 0.05) is 24.0 Å². The Morgan fingerprint density at radius 2 is 1.63 bits per heavy atom. The highest BCUT2D eigenvalue weighted by Gasteiger charge is 2.28. The van der Waals surface area contributed by atoms with Gasteiger partial charge >= 0.3 is 6.18 Å². The summed E-state index contributed by atoms with van der Waals surface area (Å²) < 4.78 is 91.1. The minimum Gasteiger partial charge on any atom is -0.348 e. The number of rotatable bonds is 10. The highest BCUT2D eigenvalue weighted by molar-refractivity contribution is 7.92. The van der Waals surface area contributed by atoms with Gasteiger partial charge in [-0.3, -0.25) is 14.5 Å². The first-order valence-corrected chi connectivity index (χ1v) is 13.2. The number of aromatic nitrogens is 1. The fourth-order valence-electron chi connectivity index (χ4n) is 3.54. The summed E-state index contributed by atoms with van der Waals surface area (Å²) in [5, 5.41) is 2.44. The van der Waals surface area contributed by atoms with Gasteiger partial charge in [0.2, 0.25) is 15.9 Å². The summed E-state index contributed by atoms with van der Waals surface area (Å²) in [6.07, 6.45) is -1.45. The number of carbonyl (C=O) groups is 1. The summed E-state index contributed by atoms with van der Waals surface area (Å²) in [6.45, 7) is -0.264. The number of benzene rings is 2. The number of carbonyl (C=O) groups excluding carboxylic acids is 1. The maximum absolute atomic E-state index is 14.1. The Labute approximate surface area is 216 Å². The summed E-state index contributed by atoms with van der Waals surface area (Å²) in [5.74, 6) is -2.93. The van der Waals surface area contributed by atoms with E-state index < -0.39 is 45.8 Å². The zero-order chi connectivity index (χ0) is 27.9. The van der Waals surface area contributed by atoms with Crippen molar-refractivity contribution in [2.24, 2.45) is 0 Å². The van der Waals surface area contributed by atoms with Gasteiger partial charge in [-0.25, -0.2) is 17.2 Å². The largest absolute Gasteiger partial charge is 0.394 e. The van der Waals surface area contributed by atoms with Crippen LogP contribution in [0.5, 0.6) is 0 Å². The monoisotopic (exact) mass is 553 g/mol. The van der Waals surface area contributed by atoms with Crippen molar-refractivity contribution in [1.29, 1.82) is 0 Å². The van der Waals surface area contributed by atoms with Crippen molar-refractivity contribution in [3.8, 4) is 0 Å². The molecule has 0 saturated heterocycles. The van der Waals surface area contributed by atoms with Crippen molar-refractivity contribution in [2.75, 3.05) is 11.0 Å². The minimum absolute atomic E-state index is 0.0440. The van der Waals surface area contributed by atoms with Crippen LogP contribution in [0.3, 0.4) is 0 Å². The zero-order valence-corrected chi connectivity index (χ0v) is 21.0. The number of hydrogen-bond acceptors (Lipinski definition) is 4. The molecule has 2 aromatic carbocycles. The first-order chi connectivity index (χ1) is 17.8. The van der Waals surface area contributed by atoms with Crippen molar-refractivity contribution in [1.82, 2.24) is 10.3 Å². The Balaban J connectivity index is 1.71. The van der Waals surface area contributed by atoms with Gasteiger partial charge in [-0.1, -0.05) is 36.4 Å². The number of sulfonamides is 1. The van der Waals surface area contributed by atoms with Gasteiger partial charge in [-0.15, -0.1) is 0 Å². The fourth-order valence-corrected chi connectivity index (χ4v) is 4.11. The average Bonchev–Trinajstić information content (AvgIpc) is 2.82. The van der Waals surface area contributed by atoms with Crippen molar-refractivity contribution in [2.45, 2.75) is 32.0 Å². The first kappa shape index (κ1) is 28.8. The summed E-state index contributed by atoms with van der Waals surface area (Å²) in [5.41, 5.74) is 0.892. The van der Waals surface area contributed by atoms with E-state index in [1.165, 1.54) is 18.2 Å². The standard InChI is InChI=1S/C26H24F5N3O3S/c1-38(36,37)34-25-21(27)13-18(14-22(25)28)16-32-24(35)12-9-19-8-10-20(15-26(29,30)31)33-23(19)11-7-17-5-3-2-4-6-17/h2-6,8-10,12-14,34H,7,11,15-16H2,1H3,(H,32,35)/b12-9+. The number of nitrogens with zero attached hydrogens (tertiary/aromatic N) is 1. The molecule has 0 bridgehead atoms. The molecule has 0 aliphatic carbocycles. The number of pyridine rings is 1. The molecule has 3 aromatic rings. The molecule has 0 aliphatic heterocycles. The zero-order valence-electron chi connectivity index (χ0n) is 20.1. The third-order valence-electron chi connectivity index (χ3n) is 5.21. The topological polar surface area (TPSA) is 88.2 Å².